The first kappa shape index (κ1) is 29.9. The molecule has 1 saturated carbocycles. The zero-order chi connectivity index (χ0) is 30.5. The SMILES string of the molecule is CC(COc1ccn(-c2ccc(C(=O)NS(=O)(=O)c3ccccc3)c(N3C[C@@H](C)CC3(C)C)n2)n1)C1(C(F)(F)F)CC1. The second-order valence-corrected chi connectivity index (χ2v) is 13.7. The van der Waals surface area contributed by atoms with Crippen molar-refractivity contribution in [1.29, 1.82) is 0 Å². The van der Waals surface area contributed by atoms with Crippen LogP contribution in [0.1, 0.15) is 57.3 Å². The smallest absolute Gasteiger partial charge is 0.394 e. The maximum absolute atomic E-state index is 13.5. The molecule has 2 aromatic heterocycles. The summed E-state index contributed by atoms with van der Waals surface area (Å²) in [4.78, 5) is 20.1. The Labute approximate surface area is 243 Å². The minimum Gasteiger partial charge on any atom is -0.476 e. The van der Waals surface area contributed by atoms with E-state index in [0.29, 0.717) is 24.1 Å². The van der Waals surface area contributed by atoms with Crippen LogP contribution in [-0.2, 0) is 10.0 Å². The Morgan fingerprint density at radius 2 is 1.83 bits per heavy atom. The monoisotopic (exact) mass is 605 g/mol. The zero-order valence-electron chi connectivity index (χ0n) is 23.9. The molecule has 13 heteroatoms. The van der Waals surface area contributed by atoms with Gasteiger partial charge in [0.15, 0.2) is 5.82 Å². The van der Waals surface area contributed by atoms with Gasteiger partial charge in [0.25, 0.3) is 15.9 Å². The van der Waals surface area contributed by atoms with E-state index in [9.17, 15) is 26.4 Å². The van der Waals surface area contributed by atoms with Gasteiger partial charge in [-0.2, -0.15) is 13.2 Å². The van der Waals surface area contributed by atoms with Crippen molar-refractivity contribution in [3.8, 4) is 11.7 Å². The van der Waals surface area contributed by atoms with Crippen molar-refractivity contribution < 1.29 is 31.1 Å². The quantitative estimate of drug-likeness (QED) is 0.350. The van der Waals surface area contributed by atoms with Gasteiger partial charge in [0.1, 0.15) is 5.82 Å². The number of pyridine rings is 1. The number of rotatable bonds is 9. The molecular weight excluding hydrogens is 571 g/mol. The van der Waals surface area contributed by atoms with Crippen LogP contribution in [0, 0.1) is 17.3 Å². The van der Waals surface area contributed by atoms with E-state index in [4.69, 9.17) is 9.72 Å². The number of carbonyl (C=O) groups is 1. The van der Waals surface area contributed by atoms with E-state index in [2.05, 4.69) is 16.7 Å². The topological polar surface area (TPSA) is 106 Å². The first-order valence-corrected chi connectivity index (χ1v) is 15.3. The Bertz CT molecular complexity index is 1570. The third kappa shape index (κ3) is 5.70. The molecule has 5 rings (SSSR count). The molecule has 9 nitrogen and oxygen atoms in total. The number of nitrogens with zero attached hydrogens (tertiary/aromatic N) is 4. The summed E-state index contributed by atoms with van der Waals surface area (Å²) in [5, 5.41) is 4.35. The summed E-state index contributed by atoms with van der Waals surface area (Å²) in [6.45, 7) is 8.15. The lowest BCUT2D eigenvalue weighted by molar-refractivity contribution is -0.203. The summed E-state index contributed by atoms with van der Waals surface area (Å²) in [5.74, 6) is -0.464. The average molecular weight is 606 g/mol. The lowest BCUT2D eigenvalue weighted by Crippen LogP contribution is -2.41. The second kappa shape index (κ2) is 10.6. The number of alkyl halides is 3. The Kier molecular flexibility index (Phi) is 7.53. The number of halogens is 3. The molecule has 1 saturated heterocycles. The fourth-order valence-corrected chi connectivity index (χ4v) is 6.80. The molecule has 0 spiro atoms. The molecule has 3 heterocycles. The summed E-state index contributed by atoms with van der Waals surface area (Å²) < 4.78 is 75.4. The molecule has 2 aliphatic rings. The first-order valence-electron chi connectivity index (χ1n) is 13.8. The van der Waals surface area contributed by atoms with Gasteiger partial charge >= 0.3 is 6.18 Å². The molecule has 1 unspecified atom stereocenters. The number of amides is 1. The van der Waals surface area contributed by atoms with E-state index in [1.807, 2.05) is 18.7 Å². The lowest BCUT2D eigenvalue weighted by Gasteiger charge is -2.34. The van der Waals surface area contributed by atoms with Crippen LogP contribution in [0.2, 0.25) is 0 Å². The predicted molar refractivity (Wildman–Crippen MR) is 150 cm³/mol. The van der Waals surface area contributed by atoms with Crippen LogP contribution in [0.15, 0.2) is 59.6 Å². The third-order valence-electron chi connectivity index (χ3n) is 8.29. The number of hydrogen-bond acceptors (Lipinski definition) is 7. The average Bonchev–Trinajstić information content (AvgIpc) is 3.54. The van der Waals surface area contributed by atoms with Crippen molar-refractivity contribution in [1.82, 2.24) is 19.5 Å². The van der Waals surface area contributed by atoms with Gasteiger partial charge in [-0.3, -0.25) is 4.79 Å². The van der Waals surface area contributed by atoms with Crippen molar-refractivity contribution in [2.45, 2.75) is 63.6 Å². The van der Waals surface area contributed by atoms with Crippen LogP contribution < -0.4 is 14.4 Å². The molecule has 1 amide bonds. The second-order valence-electron chi connectivity index (χ2n) is 12.0. The maximum atomic E-state index is 13.5. The van der Waals surface area contributed by atoms with Gasteiger partial charge in [-0.05, 0) is 63.3 Å². The Hall–Kier alpha value is -3.61. The summed E-state index contributed by atoms with van der Waals surface area (Å²) in [5.41, 5.74) is -1.99. The summed E-state index contributed by atoms with van der Waals surface area (Å²) >= 11 is 0. The highest BCUT2D eigenvalue weighted by Gasteiger charge is 2.65. The van der Waals surface area contributed by atoms with Gasteiger partial charge < -0.3 is 9.64 Å². The number of carbonyl (C=O) groups excluding carboxylic acids is 1. The highest BCUT2D eigenvalue weighted by Crippen LogP contribution is 2.62. The standard InChI is InChI=1S/C29H34F3N5O4S/c1-19-16-27(3,4)36(17-19)25-22(26(38)35-42(39,40)21-8-6-5-7-9-21)10-11-23(33-25)37-15-12-24(34-37)41-18-20(2)28(13-14-28)29(30,31)32/h5-12,15,19-20H,13-14,16-18H2,1-4H3,(H,35,38)/t19-,20?/m0/s1. The Morgan fingerprint density at radius 1 is 1.14 bits per heavy atom. The molecule has 1 aliphatic heterocycles. The van der Waals surface area contributed by atoms with Gasteiger partial charge in [-0.1, -0.05) is 32.0 Å². The molecule has 226 valence electrons. The number of sulfonamides is 1. The predicted octanol–water partition coefficient (Wildman–Crippen LogP) is 5.37. The number of benzene rings is 1. The van der Waals surface area contributed by atoms with Crippen LogP contribution >= 0.6 is 0 Å². The van der Waals surface area contributed by atoms with Crippen molar-refractivity contribution >= 4 is 21.7 Å². The first-order chi connectivity index (χ1) is 19.6. The third-order valence-corrected chi connectivity index (χ3v) is 9.64. The molecule has 0 bridgehead atoms. The van der Waals surface area contributed by atoms with Crippen molar-refractivity contribution in [3.63, 3.8) is 0 Å². The molecule has 2 atom stereocenters. The molecule has 1 aromatic carbocycles. The normalized spacial score (nSPS) is 20.3. The number of ether oxygens (including phenoxy) is 1. The van der Waals surface area contributed by atoms with Gasteiger partial charge in [-0.15, -0.1) is 5.10 Å². The highest BCUT2D eigenvalue weighted by atomic mass is 32.2. The van der Waals surface area contributed by atoms with Crippen LogP contribution in [0.3, 0.4) is 0 Å². The van der Waals surface area contributed by atoms with E-state index in [0.717, 1.165) is 6.42 Å². The summed E-state index contributed by atoms with van der Waals surface area (Å²) in [7, 11) is -4.13. The number of anilines is 1. The highest BCUT2D eigenvalue weighted by molar-refractivity contribution is 7.90. The number of nitrogens with one attached hydrogen (secondary N) is 1. The Balaban J connectivity index is 1.41. The van der Waals surface area contributed by atoms with Gasteiger partial charge in [0.2, 0.25) is 5.88 Å². The van der Waals surface area contributed by atoms with Crippen molar-refractivity contribution in [2.24, 2.45) is 17.3 Å². The van der Waals surface area contributed by atoms with Crippen LogP contribution in [-0.4, -0.2) is 54.0 Å². The fraction of sp³-hybridized carbons (Fsp3) is 0.483. The van der Waals surface area contributed by atoms with E-state index in [1.165, 1.54) is 41.9 Å². The molecule has 42 heavy (non-hydrogen) atoms. The molecule has 2 fully saturated rings. The molecule has 1 aliphatic carbocycles. The lowest BCUT2D eigenvalue weighted by atomic mass is 9.91. The number of aromatic nitrogens is 3. The molecule has 1 N–H and O–H groups in total. The van der Waals surface area contributed by atoms with E-state index in [1.54, 1.807) is 24.4 Å². The van der Waals surface area contributed by atoms with E-state index >= 15 is 0 Å². The largest absolute Gasteiger partial charge is 0.476 e. The summed E-state index contributed by atoms with van der Waals surface area (Å²) in [6.07, 6.45) is -1.68. The molecular formula is C29H34F3N5O4S. The fourth-order valence-electron chi connectivity index (χ4n) is 5.82. The Morgan fingerprint density at radius 3 is 2.43 bits per heavy atom. The van der Waals surface area contributed by atoms with E-state index in [-0.39, 0.29) is 41.3 Å². The van der Waals surface area contributed by atoms with E-state index < -0.39 is 33.4 Å². The van der Waals surface area contributed by atoms with Gasteiger partial charge in [-0.25, -0.2) is 22.8 Å². The van der Waals surface area contributed by atoms with Crippen LogP contribution in [0.4, 0.5) is 19.0 Å². The van der Waals surface area contributed by atoms with Crippen LogP contribution in [0.5, 0.6) is 5.88 Å². The van der Waals surface area contributed by atoms with Crippen molar-refractivity contribution in [2.75, 3.05) is 18.1 Å². The zero-order valence-corrected chi connectivity index (χ0v) is 24.7. The van der Waals surface area contributed by atoms with Gasteiger partial charge in [0.05, 0.1) is 22.5 Å². The van der Waals surface area contributed by atoms with Crippen LogP contribution in [0.25, 0.3) is 5.82 Å². The van der Waals surface area contributed by atoms with Gasteiger partial charge in [0, 0.05) is 30.3 Å². The molecule has 0 radical (unpaired) electrons. The minimum atomic E-state index is -4.27. The molecule has 3 aromatic rings. The maximum Gasteiger partial charge on any atom is 0.394 e. The van der Waals surface area contributed by atoms with Crippen molar-refractivity contribution in [3.05, 3.63) is 60.3 Å². The minimum absolute atomic E-state index is 0.0409. The number of hydrogen-bond donors (Lipinski definition) is 1. The summed E-state index contributed by atoms with van der Waals surface area (Å²) in [6, 6.07) is 12.2.